The molecule has 3 aromatic rings. The quantitative estimate of drug-likeness (QED) is 0.705. The largest absolute Gasteiger partial charge is 0.507 e. The first kappa shape index (κ1) is 11.0. The van der Waals surface area contributed by atoms with Crippen molar-refractivity contribution in [3.63, 3.8) is 0 Å². The van der Waals surface area contributed by atoms with Crippen LogP contribution in [0.25, 0.3) is 21.3 Å². The molecule has 0 spiro atoms. The van der Waals surface area contributed by atoms with Gasteiger partial charge in [0.05, 0.1) is 5.39 Å². The van der Waals surface area contributed by atoms with Crippen LogP contribution in [0.3, 0.4) is 0 Å². The summed E-state index contributed by atoms with van der Waals surface area (Å²) in [5, 5.41) is 12.2. The van der Waals surface area contributed by atoms with Gasteiger partial charge in [0, 0.05) is 16.5 Å². The molecule has 18 heavy (non-hydrogen) atoms. The number of aromatic nitrogens is 2. The highest BCUT2D eigenvalue weighted by Gasteiger charge is 2.13. The van der Waals surface area contributed by atoms with Crippen molar-refractivity contribution in [1.82, 2.24) is 9.97 Å². The topological polar surface area (TPSA) is 66.0 Å². The summed E-state index contributed by atoms with van der Waals surface area (Å²) in [4.78, 5) is 19.7. The molecule has 0 saturated heterocycles. The number of hydrogen-bond acceptors (Lipinski definition) is 4. The highest BCUT2D eigenvalue weighted by atomic mass is 32.1. The van der Waals surface area contributed by atoms with Gasteiger partial charge in [-0.25, -0.2) is 4.98 Å². The predicted molar refractivity (Wildman–Crippen MR) is 72.1 cm³/mol. The molecule has 4 nitrogen and oxygen atoms in total. The van der Waals surface area contributed by atoms with Gasteiger partial charge in [-0.05, 0) is 13.0 Å². The number of thiophene rings is 1. The van der Waals surface area contributed by atoms with Gasteiger partial charge in [-0.15, -0.1) is 11.3 Å². The lowest BCUT2D eigenvalue weighted by molar-refractivity contribution is 0.477. The molecule has 0 aliphatic rings. The van der Waals surface area contributed by atoms with Crippen LogP contribution in [0.5, 0.6) is 5.75 Å². The van der Waals surface area contributed by atoms with Gasteiger partial charge in [-0.3, -0.25) is 4.79 Å². The van der Waals surface area contributed by atoms with Gasteiger partial charge in [0.1, 0.15) is 16.4 Å². The zero-order valence-corrected chi connectivity index (χ0v) is 10.4. The van der Waals surface area contributed by atoms with Crippen molar-refractivity contribution in [1.29, 1.82) is 0 Å². The Balaban J connectivity index is 2.39. The summed E-state index contributed by atoms with van der Waals surface area (Å²) in [6.45, 7) is 1.75. The average molecular weight is 258 g/mol. The van der Waals surface area contributed by atoms with Crippen LogP contribution in [0.1, 0.15) is 5.82 Å². The summed E-state index contributed by atoms with van der Waals surface area (Å²) in [6.07, 6.45) is 0. The van der Waals surface area contributed by atoms with Gasteiger partial charge < -0.3 is 10.1 Å². The third-order valence-electron chi connectivity index (χ3n) is 2.76. The van der Waals surface area contributed by atoms with Gasteiger partial charge >= 0.3 is 0 Å². The molecule has 0 aliphatic carbocycles. The van der Waals surface area contributed by atoms with E-state index >= 15 is 0 Å². The number of benzene rings is 1. The molecular weight excluding hydrogens is 248 g/mol. The number of phenols is 1. The summed E-state index contributed by atoms with van der Waals surface area (Å²) in [5.74, 6) is 0.760. The van der Waals surface area contributed by atoms with Crippen molar-refractivity contribution in [3.8, 4) is 16.9 Å². The molecule has 0 radical (unpaired) electrons. The van der Waals surface area contributed by atoms with Crippen molar-refractivity contribution in [3.05, 3.63) is 45.8 Å². The zero-order valence-electron chi connectivity index (χ0n) is 9.60. The number of rotatable bonds is 1. The third kappa shape index (κ3) is 1.60. The molecule has 5 heteroatoms. The molecule has 0 fully saturated rings. The molecule has 2 aromatic heterocycles. The predicted octanol–water partition coefficient (Wildman–Crippen LogP) is 2.67. The van der Waals surface area contributed by atoms with Crippen LogP contribution >= 0.6 is 11.3 Å². The van der Waals surface area contributed by atoms with E-state index in [4.69, 9.17) is 0 Å². The second-order valence-electron chi connectivity index (χ2n) is 4.00. The molecule has 2 heterocycles. The monoisotopic (exact) mass is 258 g/mol. The zero-order chi connectivity index (χ0) is 12.7. The van der Waals surface area contributed by atoms with Crippen molar-refractivity contribution in [2.24, 2.45) is 0 Å². The number of H-pyrrole nitrogens is 1. The lowest BCUT2D eigenvalue weighted by Crippen LogP contribution is -2.08. The second kappa shape index (κ2) is 3.96. The van der Waals surface area contributed by atoms with Crippen molar-refractivity contribution in [2.45, 2.75) is 6.92 Å². The number of fused-ring (bicyclic) bond motifs is 1. The molecule has 0 atom stereocenters. The van der Waals surface area contributed by atoms with E-state index in [-0.39, 0.29) is 11.3 Å². The number of aromatic hydroxyl groups is 1. The van der Waals surface area contributed by atoms with Crippen LogP contribution in [0, 0.1) is 6.92 Å². The highest BCUT2D eigenvalue weighted by Crippen LogP contribution is 2.35. The molecule has 1 aromatic carbocycles. The number of para-hydroxylation sites is 1. The lowest BCUT2D eigenvalue weighted by Gasteiger charge is -2.02. The van der Waals surface area contributed by atoms with Crippen LogP contribution in [-0.2, 0) is 0 Å². The molecule has 3 rings (SSSR count). The Bertz CT molecular complexity index is 789. The third-order valence-corrected chi connectivity index (χ3v) is 3.63. The number of aromatic amines is 1. The number of nitrogens with one attached hydrogen (secondary N) is 1. The summed E-state index contributed by atoms with van der Waals surface area (Å²) < 4.78 is 0. The highest BCUT2D eigenvalue weighted by molar-refractivity contribution is 7.17. The van der Waals surface area contributed by atoms with Gasteiger partial charge in [0.25, 0.3) is 5.56 Å². The number of phenolic OH excluding ortho intramolecular Hbond substituents is 1. The SMILES string of the molecule is Cc1nc2scc(-c3ccccc3O)c2c(=O)[nH]1. The Morgan fingerprint density at radius 3 is 2.83 bits per heavy atom. The maximum absolute atomic E-state index is 12.0. The molecule has 0 unspecified atom stereocenters. The smallest absolute Gasteiger partial charge is 0.260 e. The van der Waals surface area contributed by atoms with Gasteiger partial charge in [-0.1, -0.05) is 18.2 Å². The molecular formula is C13H10N2O2S. The lowest BCUT2D eigenvalue weighted by atomic mass is 10.1. The molecule has 2 N–H and O–H groups in total. The normalized spacial score (nSPS) is 10.9. The van der Waals surface area contributed by atoms with Crippen LogP contribution < -0.4 is 5.56 Å². The maximum Gasteiger partial charge on any atom is 0.260 e. The maximum atomic E-state index is 12.0. The number of aryl methyl sites for hydroxylation is 1. The Kier molecular flexibility index (Phi) is 2.41. The molecule has 0 aliphatic heterocycles. The second-order valence-corrected chi connectivity index (χ2v) is 4.86. The van der Waals surface area contributed by atoms with Crippen LogP contribution in [0.15, 0.2) is 34.4 Å². The summed E-state index contributed by atoms with van der Waals surface area (Å²) in [7, 11) is 0. The summed E-state index contributed by atoms with van der Waals surface area (Å²) in [6, 6.07) is 6.97. The van der Waals surface area contributed by atoms with Crippen molar-refractivity contribution in [2.75, 3.05) is 0 Å². The van der Waals surface area contributed by atoms with Crippen molar-refractivity contribution < 1.29 is 5.11 Å². The van der Waals surface area contributed by atoms with E-state index in [2.05, 4.69) is 9.97 Å². The first-order valence-corrected chi connectivity index (χ1v) is 6.31. The minimum absolute atomic E-state index is 0.164. The van der Waals surface area contributed by atoms with E-state index in [9.17, 15) is 9.90 Å². The minimum Gasteiger partial charge on any atom is -0.507 e. The average Bonchev–Trinajstić information content (AvgIpc) is 2.73. The Labute approximate surface area is 107 Å². The summed E-state index contributed by atoms with van der Waals surface area (Å²) in [5.41, 5.74) is 1.21. The fourth-order valence-electron chi connectivity index (χ4n) is 1.96. The van der Waals surface area contributed by atoms with E-state index in [1.807, 2.05) is 11.4 Å². The molecule has 0 saturated carbocycles. The van der Waals surface area contributed by atoms with Gasteiger partial charge in [0.2, 0.25) is 0 Å². The standard InChI is InChI=1S/C13H10N2O2S/c1-7-14-12(17)11-9(6-18-13(11)15-7)8-4-2-3-5-10(8)16/h2-6,16H,1H3,(H,14,15,17). The van der Waals surface area contributed by atoms with E-state index < -0.39 is 0 Å². The minimum atomic E-state index is -0.169. The Morgan fingerprint density at radius 1 is 1.28 bits per heavy atom. The molecule has 0 bridgehead atoms. The fraction of sp³-hybridized carbons (Fsp3) is 0.0769. The number of nitrogens with zero attached hydrogens (tertiary/aromatic N) is 1. The van der Waals surface area contributed by atoms with E-state index in [1.54, 1.807) is 25.1 Å². The molecule has 0 amide bonds. The summed E-state index contributed by atoms with van der Waals surface area (Å²) >= 11 is 1.40. The van der Waals surface area contributed by atoms with Crippen LogP contribution in [-0.4, -0.2) is 15.1 Å². The number of hydrogen-bond donors (Lipinski definition) is 2. The van der Waals surface area contributed by atoms with Gasteiger partial charge in [-0.2, -0.15) is 0 Å². The van der Waals surface area contributed by atoms with E-state index in [0.717, 1.165) is 5.56 Å². The fourth-order valence-corrected chi connectivity index (χ4v) is 2.94. The molecule has 90 valence electrons. The van der Waals surface area contributed by atoms with Crippen LogP contribution in [0.2, 0.25) is 0 Å². The Morgan fingerprint density at radius 2 is 2.06 bits per heavy atom. The van der Waals surface area contributed by atoms with E-state index in [0.29, 0.717) is 21.6 Å². The van der Waals surface area contributed by atoms with Crippen LogP contribution in [0.4, 0.5) is 0 Å². The first-order chi connectivity index (χ1) is 8.66. The van der Waals surface area contributed by atoms with E-state index in [1.165, 1.54) is 11.3 Å². The first-order valence-electron chi connectivity index (χ1n) is 5.43. The van der Waals surface area contributed by atoms with Crippen molar-refractivity contribution >= 4 is 21.6 Å². The Hall–Kier alpha value is -2.14. The van der Waals surface area contributed by atoms with Gasteiger partial charge in [0.15, 0.2) is 0 Å².